The maximum atomic E-state index is 13.7. The molecule has 1 fully saturated rings. The van der Waals surface area contributed by atoms with Gasteiger partial charge in [-0.3, -0.25) is 14.5 Å². The molecule has 1 unspecified atom stereocenters. The van der Waals surface area contributed by atoms with Gasteiger partial charge < -0.3 is 20.6 Å². The highest BCUT2D eigenvalue weighted by molar-refractivity contribution is 8.01. The highest BCUT2D eigenvalue weighted by Crippen LogP contribution is 2.43. The number of carbonyl (C=O) groups is 3. The van der Waals surface area contributed by atoms with Crippen LogP contribution in [0.2, 0.25) is 0 Å². The molecule has 2 amide bonds. The summed E-state index contributed by atoms with van der Waals surface area (Å²) in [5, 5.41) is 24.4. The van der Waals surface area contributed by atoms with Gasteiger partial charge in [0.25, 0.3) is 11.8 Å². The topological polar surface area (TPSA) is 159 Å². The number of anilines is 1. The van der Waals surface area contributed by atoms with Gasteiger partial charge in [0.15, 0.2) is 10.8 Å². The molecule has 53 heavy (non-hydrogen) atoms. The molecule has 3 aromatic carbocycles. The van der Waals surface area contributed by atoms with Crippen LogP contribution in [-0.2, 0) is 24.8 Å². The van der Waals surface area contributed by atoms with Crippen molar-refractivity contribution >= 4 is 75.0 Å². The van der Waals surface area contributed by atoms with Crippen LogP contribution >= 0.6 is 46.4 Å². The van der Waals surface area contributed by atoms with E-state index in [0.29, 0.717) is 16.5 Å². The molecule has 2 aliphatic heterocycles. The number of alkyl halides is 2. The second-order valence-electron chi connectivity index (χ2n) is 11.5. The van der Waals surface area contributed by atoms with Gasteiger partial charge in [0, 0.05) is 16.9 Å². The van der Waals surface area contributed by atoms with E-state index >= 15 is 0 Å². The number of oxime groups is 1. The molecule has 12 nitrogen and oxygen atoms in total. The molecule has 18 heteroatoms. The molecule has 7 rings (SSSR count). The monoisotopic (exact) mass is 791 g/mol. The minimum Gasteiger partial charge on any atom is -0.477 e. The molecule has 0 bridgehead atoms. The number of hydrogen-bond acceptors (Lipinski definition) is 13. The molecule has 0 aliphatic carbocycles. The van der Waals surface area contributed by atoms with Crippen molar-refractivity contribution < 1.29 is 33.1 Å². The van der Waals surface area contributed by atoms with Crippen molar-refractivity contribution in [1.29, 1.82) is 0 Å². The van der Waals surface area contributed by atoms with Crippen molar-refractivity contribution in [2.45, 2.75) is 27.8 Å². The van der Waals surface area contributed by atoms with Crippen molar-refractivity contribution in [3.05, 3.63) is 136 Å². The first kappa shape index (κ1) is 36.2. The van der Waals surface area contributed by atoms with Gasteiger partial charge in [-0.25, -0.2) is 9.78 Å². The number of halogens is 2. The summed E-state index contributed by atoms with van der Waals surface area (Å²) in [5.74, 6) is -2.36. The Hall–Kier alpha value is -5.17. The molecule has 5 aromatic rings. The van der Waals surface area contributed by atoms with E-state index in [2.05, 4.69) is 35.2 Å². The first-order chi connectivity index (χ1) is 25.8. The quantitative estimate of drug-likeness (QED) is 0.0406. The third-order valence-corrected chi connectivity index (χ3v) is 12.4. The summed E-state index contributed by atoms with van der Waals surface area (Å²) in [6.07, 6.45) is 1.57. The maximum Gasteiger partial charge on any atom is 0.407 e. The van der Waals surface area contributed by atoms with Crippen LogP contribution in [0, 0.1) is 0 Å². The minimum atomic E-state index is -3.34. The summed E-state index contributed by atoms with van der Waals surface area (Å²) in [6.45, 7) is -3.34. The van der Waals surface area contributed by atoms with E-state index in [1.54, 1.807) is 6.20 Å². The molecule has 270 valence electrons. The Morgan fingerprint density at radius 3 is 2.19 bits per heavy atom. The first-order valence-corrected chi connectivity index (χ1v) is 19.5. The lowest BCUT2D eigenvalue weighted by Gasteiger charge is -2.49. The molecule has 1 saturated heterocycles. The van der Waals surface area contributed by atoms with E-state index in [0.717, 1.165) is 37.1 Å². The Labute approximate surface area is 317 Å². The van der Waals surface area contributed by atoms with Crippen molar-refractivity contribution in [1.82, 2.24) is 24.8 Å². The molecular weight excluding hydrogens is 765 g/mol. The third kappa shape index (κ3) is 7.39. The largest absolute Gasteiger partial charge is 0.477 e. The molecular formula is C35H27F2N7O5S4. The zero-order valence-electron chi connectivity index (χ0n) is 27.2. The summed E-state index contributed by atoms with van der Waals surface area (Å²) in [6, 6.07) is 28.0. The van der Waals surface area contributed by atoms with Gasteiger partial charge in [-0.1, -0.05) is 101 Å². The van der Waals surface area contributed by atoms with Crippen molar-refractivity contribution in [2.24, 2.45) is 5.16 Å². The summed E-state index contributed by atoms with van der Waals surface area (Å²) in [7, 11) is 0. The number of benzene rings is 3. The van der Waals surface area contributed by atoms with Gasteiger partial charge in [-0.15, -0.1) is 40.0 Å². The Balaban J connectivity index is 1.16. The number of fused-ring (bicyclic) bond motifs is 1. The maximum absolute atomic E-state index is 13.7. The molecule has 0 spiro atoms. The van der Waals surface area contributed by atoms with E-state index in [-0.39, 0.29) is 17.1 Å². The second-order valence-corrected chi connectivity index (χ2v) is 15.5. The highest BCUT2D eigenvalue weighted by Gasteiger charge is 2.54. The van der Waals surface area contributed by atoms with Crippen molar-refractivity contribution in [3.8, 4) is 0 Å². The number of carboxylic acids is 1. The fourth-order valence-corrected chi connectivity index (χ4v) is 9.72. The van der Waals surface area contributed by atoms with E-state index < -0.39 is 47.1 Å². The summed E-state index contributed by atoms with van der Waals surface area (Å²) < 4.78 is 31.1. The van der Waals surface area contributed by atoms with Crippen LogP contribution in [0.5, 0.6) is 0 Å². The Bertz CT molecular complexity index is 2060. The van der Waals surface area contributed by atoms with Crippen LogP contribution in [0.15, 0.2) is 123 Å². The molecule has 0 saturated carbocycles. The molecule has 4 heterocycles. The number of nitrogens with zero attached hydrogens (tertiary/aromatic N) is 5. The van der Waals surface area contributed by atoms with Gasteiger partial charge in [0.05, 0.1) is 6.20 Å². The zero-order valence-corrected chi connectivity index (χ0v) is 30.4. The summed E-state index contributed by atoms with van der Waals surface area (Å²) in [4.78, 5) is 49.4. The number of aromatic nitrogens is 3. The van der Waals surface area contributed by atoms with Crippen LogP contribution < -0.4 is 10.6 Å². The Morgan fingerprint density at radius 1 is 1.02 bits per heavy atom. The summed E-state index contributed by atoms with van der Waals surface area (Å²) >= 11 is 4.92. The second kappa shape index (κ2) is 15.8. The average molecular weight is 792 g/mol. The van der Waals surface area contributed by atoms with E-state index in [4.69, 9.17) is 0 Å². The van der Waals surface area contributed by atoms with E-state index in [9.17, 15) is 28.3 Å². The number of aliphatic carboxylic acids is 1. The van der Waals surface area contributed by atoms with Gasteiger partial charge >= 0.3 is 12.6 Å². The SMILES string of the molecule is O=C(O)C1=C(CSc2cnns2)CS[C@H]2C(NC(=O)C(=NOC(F)F)c3csc(NC(c4ccccc4)(c4ccccc4)c4ccccc4)n3)C(=O)N12. The summed E-state index contributed by atoms with van der Waals surface area (Å²) in [5.41, 5.74) is 1.39. The molecule has 2 atom stereocenters. The normalized spacial score (nSPS) is 17.3. The van der Waals surface area contributed by atoms with Crippen LogP contribution in [0.1, 0.15) is 22.4 Å². The van der Waals surface area contributed by atoms with Crippen LogP contribution in [0.3, 0.4) is 0 Å². The van der Waals surface area contributed by atoms with Crippen molar-refractivity contribution in [2.75, 3.05) is 16.8 Å². The minimum absolute atomic E-state index is 0.0818. The number of thioether (sulfide) groups is 2. The molecule has 2 aromatic heterocycles. The van der Waals surface area contributed by atoms with E-state index in [1.807, 2.05) is 91.0 Å². The van der Waals surface area contributed by atoms with Gasteiger partial charge in [-0.05, 0) is 33.8 Å². The van der Waals surface area contributed by atoms with Crippen LogP contribution in [0.25, 0.3) is 0 Å². The van der Waals surface area contributed by atoms with Crippen LogP contribution in [-0.4, -0.2) is 77.6 Å². The number of rotatable bonds is 14. The number of hydrogen-bond donors (Lipinski definition) is 3. The Kier molecular flexibility index (Phi) is 10.8. The lowest BCUT2D eigenvalue weighted by molar-refractivity contribution is -0.150. The van der Waals surface area contributed by atoms with Crippen molar-refractivity contribution in [3.63, 3.8) is 0 Å². The predicted octanol–water partition coefficient (Wildman–Crippen LogP) is 5.87. The first-order valence-electron chi connectivity index (χ1n) is 15.8. The number of thiazole rings is 1. The number of amides is 2. The van der Waals surface area contributed by atoms with Gasteiger partial charge in [-0.2, -0.15) is 8.78 Å². The van der Waals surface area contributed by atoms with Crippen LogP contribution in [0.4, 0.5) is 13.9 Å². The predicted molar refractivity (Wildman–Crippen MR) is 199 cm³/mol. The number of β-lactam (4-membered cyclic amide) rings is 1. The fourth-order valence-electron chi connectivity index (χ4n) is 6.06. The number of nitrogens with one attached hydrogen (secondary N) is 2. The molecule has 0 radical (unpaired) electrons. The lowest BCUT2D eigenvalue weighted by atomic mass is 9.77. The zero-order chi connectivity index (χ0) is 37.0. The van der Waals surface area contributed by atoms with Gasteiger partial charge in [0.1, 0.15) is 32.6 Å². The number of carbonyl (C=O) groups excluding carboxylic acids is 2. The van der Waals surface area contributed by atoms with Gasteiger partial charge in [0.2, 0.25) is 0 Å². The standard InChI is InChI=1S/C35H27F2N7O5S4/c36-33(37)49-42-26(29(45)40-27-30(46)44-28(32(47)48)20(18-51-31(27)44)17-50-25-16-38-43-53-25)24-19-52-34(39-24)41-35(21-10-4-1-5-11-21,22-12-6-2-7-13-22)23-14-8-3-9-15-23/h1-16,19,27,31,33H,17-18H2,(H,39,41)(H,40,45)(H,47,48)/t27?,31-/m0/s1. The molecule has 2 aliphatic rings. The van der Waals surface area contributed by atoms with E-state index in [1.165, 1.54) is 40.4 Å². The lowest BCUT2D eigenvalue weighted by Crippen LogP contribution is -2.71. The third-order valence-electron chi connectivity index (χ3n) is 8.37. The Morgan fingerprint density at radius 2 is 1.64 bits per heavy atom. The fraction of sp³-hybridized carbons (Fsp3) is 0.171. The highest BCUT2D eigenvalue weighted by atomic mass is 32.2. The number of carboxylic acid groups (broad SMARTS) is 1. The smallest absolute Gasteiger partial charge is 0.407 e. The molecule has 3 N–H and O–H groups in total. The average Bonchev–Trinajstić information content (AvgIpc) is 3.88.